The minimum Gasteiger partial charge on any atom is -0.480 e. The number of primary amides is 2. The van der Waals surface area contributed by atoms with Gasteiger partial charge in [0.25, 0.3) is 0 Å². The van der Waals surface area contributed by atoms with Crippen molar-refractivity contribution in [3.05, 3.63) is 35.9 Å². The number of carbonyl (C=O) groups excluding carboxylic acids is 5. The van der Waals surface area contributed by atoms with E-state index >= 15 is 0 Å². The predicted octanol–water partition coefficient (Wildman–Crippen LogP) is -2.74. The number of rotatable bonds is 15. The maximum atomic E-state index is 12.9. The fourth-order valence-electron chi connectivity index (χ4n) is 2.96. The molecule has 0 radical (unpaired) electrons. The summed E-state index contributed by atoms with van der Waals surface area (Å²) in [6.45, 7) is -0.408. The Morgan fingerprint density at radius 2 is 1.26 bits per heavy atom. The molecule has 3 atom stereocenters. The van der Waals surface area contributed by atoms with E-state index in [-0.39, 0.29) is 32.1 Å². The Balaban J connectivity index is 3.08. The van der Waals surface area contributed by atoms with Crippen LogP contribution in [0.5, 0.6) is 0 Å². The second-order valence-electron chi connectivity index (χ2n) is 7.48. The number of carboxylic acid groups (broad SMARTS) is 1. The first-order valence-electron chi connectivity index (χ1n) is 10.5. The molecule has 186 valence electrons. The Kier molecular flexibility index (Phi) is 11.7. The van der Waals surface area contributed by atoms with E-state index in [0.29, 0.717) is 5.56 Å². The number of benzene rings is 1. The minimum atomic E-state index is -1.42. The number of carbonyl (C=O) groups is 6. The van der Waals surface area contributed by atoms with E-state index in [1.165, 1.54) is 0 Å². The summed E-state index contributed by atoms with van der Waals surface area (Å²) in [7, 11) is 0. The maximum Gasteiger partial charge on any atom is 0.326 e. The lowest BCUT2D eigenvalue weighted by molar-refractivity contribution is -0.142. The van der Waals surface area contributed by atoms with Crippen molar-refractivity contribution in [1.29, 1.82) is 0 Å². The smallest absolute Gasteiger partial charge is 0.326 e. The Labute approximate surface area is 195 Å². The molecule has 3 unspecified atom stereocenters. The van der Waals surface area contributed by atoms with Crippen LogP contribution in [0, 0.1) is 0 Å². The highest BCUT2D eigenvalue weighted by molar-refractivity contribution is 5.94. The summed E-state index contributed by atoms with van der Waals surface area (Å²) >= 11 is 0. The van der Waals surface area contributed by atoms with Gasteiger partial charge in [-0.2, -0.15) is 0 Å². The summed E-state index contributed by atoms with van der Waals surface area (Å²) in [5.41, 5.74) is 16.1. The zero-order chi connectivity index (χ0) is 25.7. The molecule has 0 fully saturated rings. The van der Waals surface area contributed by atoms with Gasteiger partial charge in [-0.05, 0) is 18.4 Å². The van der Waals surface area contributed by atoms with Crippen LogP contribution in [0.4, 0.5) is 0 Å². The second kappa shape index (κ2) is 14.2. The zero-order valence-corrected chi connectivity index (χ0v) is 18.5. The van der Waals surface area contributed by atoms with Gasteiger partial charge < -0.3 is 38.3 Å². The zero-order valence-electron chi connectivity index (χ0n) is 18.5. The Morgan fingerprint density at radius 3 is 1.76 bits per heavy atom. The lowest BCUT2D eigenvalue weighted by Gasteiger charge is -2.24. The number of hydrogen-bond donors (Lipinski definition) is 7. The molecule has 5 amide bonds. The van der Waals surface area contributed by atoms with Gasteiger partial charge in [0.15, 0.2) is 0 Å². The van der Waals surface area contributed by atoms with Crippen molar-refractivity contribution in [2.24, 2.45) is 17.2 Å². The molecule has 0 heterocycles. The molecule has 0 aliphatic carbocycles. The number of carboxylic acids is 1. The molecule has 13 nitrogen and oxygen atoms in total. The van der Waals surface area contributed by atoms with Gasteiger partial charge in [-0.3, -0.25) is 24.0 Å². The minimum absolute atomic E-state index is 0.00601. The Bertz CT molecular complexity index is 893. The molecule has 0 aliphatic heterocycles. The number of amides is 5. The average Bonchev–Trinajstić information content (AvgIpc) is 2.78. The van der Waals surface area contributed by atoms with E-state index < -0.39 is 60.2 Å². The van der Waals surface area contributed by atoms with Gasteiger partial charge in [0.1, 0.15) is 18.1 Å². The highest BCUT2D eigenvalue weighted by Gasteiger charge is 2.30. The SMILES string of the molecule is NCC(=O)NC(CCC(N)=O)C(=O)NC(Cc1ccccc1)C(=O)NC(CCC(N)=O)C(=O)O. The Hall–Kier alpha value is -4.00. The van der Waals surface area contributed by atoms with Crippen LogP contribution in [0.25, 0.3) is 0 Å². The summed E-state index contributed by atoms with van der Waals surface area (Å²) in [6, 6.07) is 4.73. The molecule has 10 N–H and O–H groups in total. The van der Waals surface area contributed by atoms with E-state index in [1.54, 1.807) is 30.3 Å². The summed E-state index contributed by atoms with van der Waals surface area (Å²) < 4.78 is 0. The van der Waals surface area contributed by atoms with Gasteiger partial charge in [-0.25, -0.2) is 4.79 Å². The van der Waals surface area contributed by atoms with Crippen LogP contribution in [0.15, 0.2) is 30.3 Å². The van der Waals surface area contributed by atoms with Crippen LogP contribution in [-0.4, -0.2) is 65.3 Å². The van der Waals surface area contributed by atoms with E-state index in [0.717, 1.165) is 0 Å². The molecule has 34 heavy (non-hydrogen) atoms. The van der Waals surface area contributed by atoms with Crippen molar-refractivity contribution in [3.8, 4) is 0 Å². The molecular formula is C21H30N6O7. The fourth-order valence-corrected chi connectivity index (χ4v) is 2.96. The quantitative estimate of drug-likeness (QED) is 0.139. The second-order valence-corrected chi connectivity index (χ2v) is 7.48. The van der Waals surface area contributed by atoms with Crippen molar-refractivity contribution < 1.29 is 33.9 Å². The van der Waals surface area contributed by atoms with Crippen molar-refractivity contribution >= 4 is 35.5 Å². The summed E-state index contributed by atoms with van der Waals surface area (Å²) in [5.74, 6) is -5.09. The third-order valence-electron chi connectivity index (χ3n) is 4.73. The van der Waals surface area contributed by atoms with Gasteiger partial charge in [-0.1, -0.05) is 30.3 Å². The van der Waals surface area contributed by atoms with Crippen LogP contribution in [0.1, 0.15) is 31.2 Å². The molecule has 0 bridgehead atoms. The van der Waals surface area contributed by atoms with E-state index in [1.807, 2.05) is 0 Å². The first kappa shape index (κ1) is 28.0. The Morgan fingerprint density at radius 1 is 0.765 bits per heavy atom. The first-order chi connectivity index (χ1) is 16.0. The monoisotopic (exact) mass is 478 g/mol. The average molecular weight is 479 g/mol. The van der Waals surface area contributed by atoms with Crippen LogP contribution in [-0.2, 0) is 35.2 Å². The fraction of sp³-hybridized carbons (Fsp3) is 0.429. The third-order valence-corrected chi connectivity index (χ3v) is 4.73. The first-order valence-corrected chi connectivity index (χ1v) is 10.5. The van der Waals surface area contributed by atoms with E-state index in [2.05, 4.69) is 16.0 Å². The molecule has 13 heteroatoms. The van der Waals surface area contributed by atoms with Crippen molar-refractivity contribution in [1.82, 2.24) is 16.0 Å². The number of aliphatic carboxylic acids is 1. The lowest BCUT2D eigenvalue weighted by Crippen LogP contribution is -2.57. The van der Waals surface area contributed by atoms with Crippen molar-refractivity contribution in [3.63, 3.8) is 0 Å². The predicted molar refractivity (Wildman–Crippen MR) is 119 cm³/mol. The molecule has 0 aliphatic rings. The van der Waals surface area contributed by atoms with Crippen LogP contribution in [0.2, 0.25) is 0 Å². The van der Waals surface area contributed by atoms with Gasteiger partial charge >= 0.3 is 5.97 Å². The molecule has 0 saturated heterocycles. The molecular weight excluding hydrogens is 448 g/mol. The van der Waals surface area contributed by atoms with Crippen LogP contribution < -0.4 is 33.2 Å². The highest BCUT2D eigenvalue weighted by atomic mass is 16.4. The van der Waals surface area contributed by atoms with E-state index in [9.17, 15) is 33.9 Å². The largest absolute Gasteiger partial charge is 0.480 e. The third kappa shape index (κ3) is 10.5. The molecule has 0 saturated carbocycles. The number of hydrogen-bond acceptors (Lipinski definition) is 7. The van der Waals surface area contributed by atoms with Crippen LogP contribution >= 0.6 is 0 Å². The lowest BCUT2D eigenvalue weighted by atomic mass is 10.0. The van der Waals surface area contributed by atoms with Gasteiger partial charge in [0.05, 0.1) is 6.54 Å². The molecule has 0 spiro atoms. The van der Waals surface area contributed by atoms with Gasteiger partial charge in [0.2, 0.25) is 29.5 Å². The topological polar surface area (TPSA) is 237 Å². The number of nitrogens with one attached hydrogen (secondary N) is 3. The normalized spacial score (nSPS) is 13.1. The maximum absolute atomic E-state index is 12.9. The van der Waals surface area contributed by atoms with Crippen molar-refractivity contribution in [2.75, 3.05) is 6.54 Å². The van der Waals surface area contributed by atoms with Gasteiger partial charge in [-0.15, -0.1) is 0 Å². The molecule has 1 rings (SSSR count). The summed E-state index contributed by atoms with van der Waals surface area (Å²) in [6.07, 6.45) is -0.868. The van der Waals surface area contributed by atoms with E-state index in [4.69, 9.17) is 17.2 Å². The number of nitrogens with two attached hydrogens (primary N) is 3. The van der Waals surface area contributed by atoms with Crippen molar-refractivity contribution in [2.45, 2.75) is 50.2 Å². The molecule has 0 aromatic heterocycles. The van der Waals surface area contributed by atoms with Gasteiger partial charge in [0, 0.05) is 19.3 Å². The standard InChI is InChI=1S/C21H30N6O7/c22-11-18(30)25-13(6-8-16(23)28)19(31)27-15(10-12-4-2-1-3-5-12)20(32)26-14(21(33)34)7-9-17(24)29/h1-5,13-15H,6-11,22H2,(H2,23,28)(H2,24,29)(H,25,30)(H,26,32)(H,27,31)(H,33,34). The molecule has 1 aromatic carbocycles. The van der Waals surface area contributed by atoms with Crippen LogP contribution in [0.3, 0.4) is 0 Å². The molecule has 1 aromatic rings. The summed E-state index contributed by atoms with van der Waals surface area (Å²) in [5, 5.41) is 16.5. The summed E-state index contributed by atoms with van der Waals surface area (Å²) in [4.78, 5) is 71.2. The highest BCUT2D eigenvalue weighted by Crippen LogP contribution is 2.07.